The Bertz CT molecular complexity index is 929. The molecule has 1 fully saturated rings. The molecule has 2 amide bonds. The SMILES string of the molecule is CC(C)C(NC(=O)c1ccc(Cl)cc1)C(=O)N1CCC(c2n[nH]c(=S)n2C)CC1. The standard InChI is InChI=1S/C20H26ClN5O2S/c1-12(2)16(22-18(27)14-4-6-15(21)7-5-14)19(28)26-10-8-13(9-11-26)17-23-24-20(29)25(17)3/h4-7,12-13,16H,8-11H2,1-3H3,(H,22,27)(H,24,29). The highest BCUT2D eigenvalue weighted by Gasteiger charge is 2.32. The summed E-state index contributed by atoms with van der Waals surface area (Å²) in [6, 6.07) is 6.06. The first-order valence-electron chi connectivity index (χ1n) is 9.74. The number of likely N-dealkylation sites (tertiary alicyclic amines) is 1. The summed E-state index contributed by atoms with van der Waals surface area (Å²) in [5.41, 5.74) is 0.484. The number of aromatic nitrogens is 3. The smallest absolute Gasteiger partial charge is 0.251 e. The normalized spacial score (nSPS) is 16.1. The Morgan fingerprint density at radius 3 is 2.38 bits per heavy atom. The van der Waals surface area contributed by atoms with Crippen molar-refractivity contribution in [3.63, 3.8) is 0 Å². The highest BCUT2D eigenvalue weighted by atomic mass is 35.5. The molecule has 1 saturated heterocycles. The number of hydrogen-bond donors (Lipinski definition) is 2. The Hall–Kier alpha value is -2.19. The predicted molar refractivity (Wildman–Crippen MR) is 114 cm³/mol. The van der Waals surface area contributed by atoms with Gasteiger partial charge in [0.25, 0.3) is 5.91 Å². The maximum absolute atomic E-state index is 13.1. The second-order valence-corrected chi connectivity index (χ2v) is 8.57. The second kappa shape index (κ2) is 9.09. The number of piperidine rings is 1. The molecule has 9 heteroatoms. The van der Waals surface area contributed by atoms with Crippen LogP contribution in [0.15, 0.2) is 24.3 Å². The van der Waals surface area contributed by atoms with Gasteiger partial charge < -0.3 is 14.8 Å². The zero-order valence-electron chi connectivity index (χ0n) is 16.8. The Kier molecular flexibility index (Phi) is 6.74. The summed E-state index contributed by atoms with van der Waals surface area (Å²) >= 11 is 11.1. The van der Waals surface area contributed by atoms with Crippen molar-refractivity contribution in [3.8, 4) is 0 Å². The molecule has 0 spiro atoms. The quantitative estimate of drug-likeness (QED) is 0.706. The largest absolute Gasteiger partial charge is 0.341 e. The summed E-state index contributed by atoms with van der Waals surface area (Å²) in [5.74, 6) is 0.848. The van der Waals surface area contributed by atoms with Gasteiger partial charge in [-0.05, 0) is 55.2 Å². The van der Waals surface area contributed by atoms with Gasteiger partial charge in [0.2, 0.25) is 5.91 Å². The van der Waals surface area contributed by atoms with E-state index in [1.165, 1.54) is 0 Å². The van der Waals surface area contributed by atoms with E-state index in [1.54, 1.807) is 24.3 Å². The Morgan fingerprint density at radius 2 is 1.86 bits per heavy atom. The molecule has 156 valence electrons. The van der Waals surface area contributed by atoms with Crippen LogP contribution in [-0.4, -0.2) is 50.6 Å². The first-order valence-corrected chi connectivity index (χ1v) is 10.5. The molecule has 0 aliphatic carbocycles. The van der Waals surface area contributed by atoms with Gasteiger partial charge in [0.15, 0.2) is 4.77 Å². The van der Waals surface area contributed by atoms with E-state index in [4.69, 9.17) is 23.8 Å². The van der Waals surface area contributed by atoms with Crippen LogP contribution in [0.2, 0.25) is 5.02 Å². The average molecular weight is 436 g/mol. The van der Waals surface area contributed by atoms with Crippen LogP contribution < -0.4 is 5.32 Å². The van der Waals surface area contributed by atoms with E-state index in [1.807, 2.05) is 30.4 Å². The van der Waals surface area contributed by atoms with E-state index >= 15 is 0 Å². The molecule has 0 radical (unpaired) electrons. The number of nitrogens with one attached hydrogen (secondary N) is 2. The highest BCUT2D eigenvalue weighted by molar-refractivity contribution is 7.71. The summed E-state index contributed by atoms with van der Waals surface area (Å²) in [4.78, 5) is 27.5. The second-order valence-electron chi connectivity index (χ2n) is 7.75. The van der Waals surface area contributed by atoms with E-state index in [0.717, 1.165) is 18.7 Å². The minimum absolute atomic E-state index is 0.0246. The van der Waals surface area contributed by atoms with Crippen molar-refractivity contribution in [1.29, 1.82) is 0 Å². The van der Waals surface area contributed by atoms with Crippen molar-refractivity contribution in [2.75, 3.05) is 13.1 Å². The number of amides is 2. The molecule has 1 aliphatic heterocycles. The van der Waals surface area contributed by atoms with Crippen LogP contribution >= 0.6 is 23.8 Å². The number of halogens is 1. The van der Waals surface area contributed by atoms with E-state index in [9.17, 15) is 9.59 Å². The summed E-state index contributed by atoms with van der Waals surface area (Å²) in [6.07, 6.45) is 1.63. The molecule has 0 saturated carbocycles. The lowest BCUT2D eigenvalue weighted by Gasteiger charge is -2.35. The van der Waals surface area contributed by atoms with Crippen molar-refractivity contribution in [2.45, 2.75) is 38.6 Å². The predicted octanol–water partition coefficient (Wildman–Crippen LogP) is 3.29. The molecule has 2 N–H and O–H groups in total. The van der Waals surface area contributed by atoms with Gasteiger partial charge in [-0.15, -0.1) is 0 Å². The Balaban J connectivity index is 1.64. The van der Waals surface area contributed by atoms with Gasteiger partial charge in [0.05, 0.1) is 0 Å². The summed E-state index contributed by atoms with van der Waals surface area (Å²) < 4.78 is 2.49. The molecule has 1 aliphatic rings. The lowest BCUT2D eigenvalue weighted by molar-refractivity contribution is -0.135. The van der Waals surface area contributed by atoms with Gasteiger partial charge >= 0.3 is 0 Å². The highest BCUT2D eigenvalue weighted by Crippen LogP contribution is 2.27. The number of benzene rings is 1. The fourth-order valence-corrected chi connectivity index (χ4v) is 3.88. The third kappa shape index (κ3) is 4.87. The average Bonchev–Trinajstić information content (AvgIpc) is 3.04. The minimum atomic E-state index is -0.574. The molecule has 3 rings (SSSR count). The van der Waals surface area contributed by atoms with Crippen LogP contribution in [0.3, 0.4) is 0 Å². The third-order valence-electron chi connectivity index (χ3n) is 5.41. The maximum atomic E-state index is 13.1. The zero-order valence-corrected chi connectivity index (χ0v) is 18.4. The molecular weight excluding hydrogens is 410 g/mol. The van der Waals surface area contributed by atoms with Crippen LogP contribution in [0, 0.1) is 10.7 Å². The first kappa shape index (κ1) is 21.5. The monoisotopic (exact) mass is 435 g/mol. The number of carbonyl (C=O) groups excluding carboxylic acids is 2. The van der Waals surface area contributed by atoms with Gasteiger partial charge in [0.1, 0.15) is 11.9 Å². The summed E-state index contributed by atoms with van der Waals surface area (Å²) in [6.45, 7) is 5.13. The van der Waals surface area contributed by atoms with Crippen LogP contribution in [-0.2, 0) is 11.8 Å². The molecule has 0 bridgehead atoms. The van der Waals surface area contributed by atoms with Gasteiger partial charge in [-0.3, -0.25) is 14.7 Å². The van der Waals surface area contributed by atoms with E-state index in [0.29, 0.717) is 28.4 Å². The molecule has 1 unspecified atom stereocenters. The number of aromatic amines is 1. The molecule has 2 heterocycles. The fourth-order valence-electron chi connectivity index (χ4n) is 3.62. The van der Waals surface area contributed by atoms with E-state index in [2.05, 4.69) is 15.5 Å². The lowest BCUT2D eigenvalue weighted by atomic mass is 9.94. The topological polar surface area (TPSA) is 83.0 Å². The minimum Gasteiger partial charge on any atom is -0.341 e. The van der Waals surface area contributed by atoms with E-state index in [-0.39, 0.29) is 23.7 Å². The summed E-state index contributed by atoms with van der Waals surface area (Å²) in [5, 5.41) is 10.6. The van der Waals surface area contributed by atoms with Crippen molar-refractivity contribution in [2.24, 2.45) is 13.0 Å². The van der Waals surface area contributed by atoms with Crippen LogP contribution in [0.1, 0.15) is 48.8 Å². The van der Waals surface area contributed by atoms with Gasteiger partial charge in [-0.1, -0.05) is 25.4 Å². The Morgan fingerprint density at radius 1 is 1.24 bits per heavy atom. The van der Waals surface area contributed by atoms with Crippen molar-refractivity contribution < 1.29 is 9.59 Å². The molecule has 2 aromatic rings. The zero-order chi connectivity index (χ0) is 21.1. The van der Waals surface area contributed by atoms with Crippen molar-refractivity contribution in [1.82, 2.24) is 25.0 Å². The molecule has 29 heavy (non-hydrogen) atoms. The van der Waals surface area contributed by atoms with Crippen molar-refractivity contribution >= 4 is 35.6 Å². The number of rotatable bonds is 5. The molecule has 1 aromatic heterocycles. The molecule has 7 nitrogen and oxygen atoms in total. The van der Waals surface area contributed by atoms with Crippen molar-refractivity contribution in [3.05, 3.63) is 45.4 Å². The maximum Gasteiger partial charge on any atom is 0.251 e. The first-order chi connectivity index (χ1) is 13.8. The van der Waals surface area contributed by atoms with Crippen LogP contribution in [0.5, 0.6) is 0 Å². The lowest BCUT2D eigenvalue weighted by Crippen LogP contribution is -2.52. The summed E-state index contributed by atoms with van der Waals surface area (Å²) in [7, 11) is 1.90. The Labute approximate surface area is 180 Å². The van der Waals surface area contributed by atoms with E-state index < -0.39 is 6.04 Å². The van der Waals surface area contributed by atoms with Gasteiger partial charge in [-0.2, -0.15) is 5.10 Å². The van der Waals surface area contributed by atoms with Gasteiger partial charge in [-0.25, -0.2) is 0 Å². The molecule has 1 atom stereocenters. The fraction of sp³-hybridized carbons (Fsp3) is 0.500. The number of nitrogens with zero attached hydrogens (tertiary/aromatic N) is 3. The van der Waals surface area contributed by atoms with Gasteiger partial charge in [0, 0.05) is 36.6 Å². The number of H-pyrrole nitrogens is 1. The number of carbonyl (C=O) groups is 2. The van der Waals surface area contributed by atoms with Crippen LogP contribution in [0.25, 0.3) is 0 Å². The molecule has 1 aromatic carbocycles. The molecular formula is C20H26ClN5O2S. The third-order valence-corrected chi connectivity index (χ3v) is 6.03. The number of hydrogen-bond acceptors (Lipinski definition) is 4. The van der Waals surface area contributed by atoms with Crippen LogP contribution in [0.4, 0.5) is 0 Å².